The number of fused-ring (bicyclic) bond motifs is 1. The van der Waals surface area contributed by atoms with Gasteiger partial charge in [-0.1, -0.05) is 78.9 Å². The number of nitrogens with zero attached hydrogens (tertiary/aromatic N) is 2. The summed E-state index contributed by atoms with van der Waals surface area (Å²) in [4.78, 5) is 31.7. The maximum absolute atomic E-state index is 13.8. The molecule has 5 heteroatoms. The monoisotopic (exact) mass is 432 g/mol. The van der Waals surface area contributed by atoms with E-state index in [9.17, 15) is 9.59 Å². The Kier molecular flexibility index (Phi) is 5.52. The summed E-state index contributed by atoms with van der Waals surface area (Å²) in [7, 11) is 0. The highest BCUT2D eigenvalue weighted by atomic mass is 16.5. The molecule has 1 aromatic heterocycles. The summed E-state index contributed by atoms with van der Waals surface area (Å²) in [6.45, 7) is 0.110. The average molecular weight is 432 g/mol. The second kappa shape index (κ2) is 8.93. The first-order valence-corrected chi connectivity index (χ1v) is 10.6. The summed E-state index contributed by atoms with van der Waals surface area (Å²) >= 11 is 0. The number of hydrogen-bond donors (Lipinski definition) is 0. The summed E-state index contributed by atoms with van der Waals surface area (Å²) < 4.78 is 7.43. The van der Waals surface area contributed by atoms with E-state index in [4.69, 9.17) is 4.74 Å². The van der Waals surface area contributed by atoms with Crippen LogP contribution in [0.2, 0.25) is 0 Å². The lowest BCUT2D eigenvalue weighted by atomic mass is 9.98. The predicted molar refractivity (Wildman–Crippen MR) is 127 cm³/mol. The van der Waals surface area contributed by atoms with Gasteiger partial charge in [-0.25, -0.2) is 4.98 Å². The fourth-order valence-corrected chi connectivity index (χ4v) is 3.80. The van der Waals surface area contributed by atoms with Crippen LogP contribution in [0.4, 0.5) is 0 Å². The molecule has 4 aromatic carbocycles. The molecule has 0 aliphatic heterocycles. The predicted octanol–water partition coefficient (Wildman–Crippen LogP) is 5.53. The lowest BCUT2D eigenvalue weighted by molar-refractivity contribution is 0.0944. The van der Waals surface area contributed by atoms with Crippen LogP contribution in [0.3, 0.4) is 0 Å². The molecule has 0 aliphatic carbocycles. The van der Waals surface area contributed by atoms with Crippen molar-refractivity contribution in [1.29, 1.82) is 0 Å². The molecule has 1 heterocycles. The van der Waals surface area contributed by atoms with Crippen molar-refractivity contribution in [2.45, 2.75) is 6.61 Å². The topological polar surface area (TPSA) is 61.2 Å². The maximum Gasteiger partial charge on any atom is 0.264 e. The van der Waals surface area contributed by atoms with Crippen LogP contribution in [-0.2, 0) is 6.61 Å². The molecular formula is C28H20N2O3. The van der Waals surface area contributed by atoms with E-state index in [2.05, 4.69) is 4.98 Å². The minimum absolute atomic E-state index is 0.110. The van der Waals surface area contributed by atoms with E-state index in [1.807, 2.05) is 60.7 Å². The zero-order valence-electron chi connectivity index (χ0n) is 17.7. The smallest absolute Gasteiger partial charge is 0.264 e. The molecule has 0 saturated carbocycles. The molecule has 0 radical (unpaired) electrons. The van der Waals surface area contributed by atoms with Gasteiger partial charge in [-0.15, -0.1) is 0 Å². The van der Waals surface area contributed by atoms with Gasteiger partial charge in [0.1, 0.15) is 12.4 Å². The molecule has 5 nitrogen and oxygen atoms in total. The number of para-hydroxylation sites is 3. The first-order valence-electron chi connectivity index (χ1n) is 10.6. The van der Waals surface area contributed by atoms with E-state index in [1.165, 1.54) is 4.57 Å². The zero-order chi connectivity index (χ0) is 22.6. The Bertz CT molecular complexity index is 1440. The van der Waals surface area contributed by atoms with E-state index < -0.39 is 0 Å². The van der Waals surface area contributed by atoms with E-state index in [0.717, 1.165) is 0 Å². The summed E-state index contributed by atoms with van der Waals surface area (Å²) in [5.74, 6) is 0.622. The Labute approximate surface area is 190 Å². The van der Waals surface area contributed by atoms with Gasteiger partial charge in [0.25, 0.3) is 5.91 Å². The van der Waals surface area contributed by atoms with Gasteiger partial charge in [0.05, 0.1) is 16.6 Å². The van der Waals surface area contributed by atoms with E-state index in [0.29, 0.717) is 39.3 Å². The number of benzene rings is 4. The molecule has 160 valence electrons. The molecule has 0 unspecified atom stereocenters. The second-order valence-electron chi connectivity index (χ2n) is 7.50. The number of carbonyl (C=O) groups excluding carboxylic acids is 2. The van der Waals surface area contributed by atoms with Crippen LogP contribution in [-0.4, -0.2) is 21.2 Å². The number of aromatic nitrogens is 2. The second-order valence-corrected chi connectivity index (χ2v) is 7.50. The summed E-state index contributed by atoms with van der Waals surface area (Å²) in [5.41, 5.74) is 2.54. The molecule has 0 N–H and O–H groups in total. The Morgan fingerprint density at radius 1 is 0.697 bits per heavy atom. The van der Waals surface area contributed by atoms with Crippen molar-refractivity contribution in [2.24, 2.45) is 0 Å². The van der Waals surface area contributed by atoms with Crippen LogP contribution in [0.25, 0.3) is 11.0 Å². The van der Waals surface area contributed by atoms with Crippen LogP contribution in [0.15, 0.2) is 109 Å². The summed E-state index contributed by atoms with van der Waals surface area (Å²) in [6, 6.07) is 32.6. The number of carbonyl (C=O) groups is 2. The van der Waals surface area contributed by atoms with Crippen LogP contribution >= 0.6 is 0 Å². The minimum atomic E-state index is -0.324. The largest absolute Gasteiger partial charge is 0.486 e. The van der Waals surface area contributed by atoms with Crippen LogP contribution < -0.4 is 4.74 Å². The molecule has 0 amide bonds. The van der Waals surface area contributed by atoms with Crippen molar-refractivity contribution in [3.8, 4) is 5.75 Å². The van der Waals surface area contributed by atoms with Crippen LogP contribution in [0.1, 0.15) is 32.1 Å². The van der Waals surface area contributed by atoms with Crippen molar-refractivity contribution in [3.63, 3.8) is 0 Å². The number of imidazole rings is 1. The van der Waals surface area contributed by atoms with E-state index >= 15 is 0 Å². The maximum atomic E-state index is 13.8. The third-order valence-corrected chi connectivity index (χ3v) is 5.38. The molecule has 0 aliphatic rings. The average Bonchev–Trinajstić information content (AvgIpc) is 3.26. The fourth-order valence-electron chi connectivity index (χ4n) is 3.80. The molecule has 0 fully saturated rings. The molecule has 0 saturated heterocycles. The highest BCUT2D eigenvalue weighted by Gasteiger charge is 2.23. The lowest BCUT2D eigenvalue weighted by Crippen LogP contribution is -2.20. The van der Waals surface area contributed by atoms with Gasteiger partial charge in [-0.2, -0.15) is 0 Å². The van der Waals surface area contributed by atoms with Crippen molar-refractivity contribution < 1.29 is 14.3 Å². The summed E-state index contributed by atoms with van der Waals surface area (Å²) in [5, 5.41) is 0. The van der Waals surface area contributed by atoms with Crippen molar-refractivity contribution in [2.75, 3.05) is 0 Å². The first-order chi connectivity index (χ1) is 16.2. The molecule has 5 aromatic rings. The molecule has 0 spiro atoms. The Morgan fingerprint density at radius 2 is 1.30 bits per heavy atom. The van der Waals surface area contributed by atoms with E-state index in [1.54, 1.807) is 48.5 Å². The molecular weight excluding hydrogens is 412 g/mol. The van der Waals surface area contributed by atoms with Gasteiger partial charge >= 0.3 is 0 Å². The molecule has 5 rings (SSSR count). The van der Waals surface area contributed by atoms with Crippen molar-refractivity contribution in [3.05, 3.63) is 132 Å². The Hall–Kier alpha value is -4.51. The molecule has 33 heavy (non-hydrogen) atoms. The first kappa shape index (κ1) is 20.4. The standard InChI is InChI=1S/C28H20N2O3/c31-27(20-11-3-1-4-12-20)22-15-7-8-16-23(22)28(32)30-25-18-10-9-17-24(25)29-26(30)19-33-21-13-5-2-6-14-21/h1-18H,19H2. The summed E-state index contributed by atoms with van der Waals surface area (Å²) in [6.07, 6.45) is 0. The van der Waals surface area contributed by atoms with Gasteiger partial charge in [-0.3, -0.25) is 14.2 Å². The minimum Gasteiger partial charge on any atom is -0.486 e. The van der Waals surface area contributed by atoms with Crippen LogP contribution in [0, 0.1) is 0 Å². The fraction of sp³-hybridized carbons (Fsp3) is 0.0357. The highest BCUT2D eigenvalue weighted by Crippen LogP contribution is 2.22. The molecule has 0 bridgehead atoms. The SMILES string of the molecule is O=C(c1ccccc1)c1ccccc1C(=O)n1c(COc2ccccc2)nc2ccccc21. The van der Waals surface area contributed by atoms with Crippen molar-refractivity contribution >= 4 is 22.7 Å². The van der Waals surface area contributed by atoms with Gasteiger partial charge in [0.2, 0.25) is 0 Å². The zero-order valence-corrected chi connectivity index (χ0v) is 17.7. The number of rotatable bonds is 6. The Morgan fingerprint density at radius 3 is 2.06 bits per heavy atom. The number of hydrogen-bond acceptors (Lipinski definition) is 4. The van der Waals surface area contributed by atoms with E-state index in [-0.39, 0.29) is 18.3 Å². The lowest BCUT2D eigenvalue weighted by Gasteiger charge is -2.12. The van der Waals surface area contributed by atoms with Gasteiger partial charge in [-0.05, 0) is 30.3 Å². The molecule has 0 atom stereocenters. The number of ether oxygens (including phenoxy) is 1. The van der Waals surface area contributed by atoms with Gasteiger partial charge in [0.15, 0.2) is 11.6 Å². The normalized spacial score (nSPS) is 10.8. The highest BCUT2D eigenvalue weighted by molar-refractivity contribution is 6.16. The number of ketones is 1. The Balaban J connectivity index is 1.57. The van der Waals surface area contributed by atoms with Gasteiger partial charge in [0, 0.05) is 11.1 Å². The van der Waals surface area contributed by atoms with Crippen molar-refractivity contribution in [1.82, 2.24) is 9.55 Å². The quantitative estimate of drug-likeness (QED) is 0.331. The van der Waals surface area contributed by atoms with Crippen LogP contribution in [0.5, 0.6) is 5.75 Å². The third-order valence-electron chi connectivity index (χ3n) is 5.38. The van der Waals surface area contributed by atoms with Gasteiger partial charge < -0.3 is 4.74 Å². The third kappa shape index (κ3) is 4.04.